The van der Waals surface area contributed by atoms with Gasteiger partial charge in [0.15, 0.2) is 0 Å². The van der Waals surface area contributed by atoms with Crippen LogP contribution in [0, 0.1) is 0 Å². The fraction of sp³-hybridized carbons (Fsp3) is 0.417. The van der Waals surface area contributed by atoms with Gasteiger partial charge in [0.25, 0.3) is 5.91 Å². The molecule has 0 bridgehead atoms. The van der Waals surface area contributed by atoms with Gasteiger partial charge in [0.05, 0.1) is 0 Å². The van der Waals surface area contributed by atoms with E-state index in [0.717, 1.165) is 19.6 Å². The van der Waals surface area contributed by atoms with Crippen LogP contribution in [-0.2, 0) is 0 Å². The number of hydrogen-bond acceptors (Lipinski definition) is 2. The Morgan fingerprint density at radius 1 is 1.53 bits per heavy atom. The van der Waals surface area contributed by atoms with E-state index in [-0.39, 0.29) is 18.3 Å². The summed E-state index contributed by atoms with van der Waals surface area (Å²) >= 11 is 5.87. The molecule has 1 saturated heterocycles. The van der Waals surface area contributed by atoms with Crippen LogP contribution < -0.4 is 5.32 Å². The quantitative estimate of drug-likeness (QED) is 0.852. The number of halogens is 2. The molecule has 1 amide bonds. The van der Waals surface area contributed by atoms with Crippen molar-refractivity contribution >= 4 is 29.9 Å². The van der Waals surface area contributed by atoms with Crippen molar-refractivity contribution in [2.45, 2.75) is 13.0 Å². The van der Waals surface area contributed by atoms with Crippen LogP contribution in [0.2, 0.25) is 5.02 Å². The van der Waals surface area contributed by atoms with Crippen LogP contribution in [0.25, 0.3) is 0 Å². The minimum Gasteiger partial charge on any atom is -0.336 e. The predicted octanol–water partition coefficient (Wildman–Crippen LogP) is 2.20. The van der Waals surface area contributed by atoms with Gasteiger partial charge >= 0.3 is 0 Å². The number of piperazine rings is 1. The lowest BCUT2D eigenvalue weighted by molar-refractivity contribution is 0.0709. The van der Waals surface area contributed by atoms with Crippen LogP contribution in [0.4, 0.5) is 0 Å². The molecule has 5 heteroatoms. The summed E-state index contributed by atoms with van der Waals surface area (Å²) in [4.78, 5) is 14.0. The molecule has 1 fully saturated rings. The highest BCUT2D eigenvalue weighted by Gasteiger charge is 2.21. The van der Waals surface area contributed by atoms with Gasteiger partial charge in [-0.3, -0.25) is 4.79 Å². The summed E-state index contributed by atoms with van der Waals surface area (Å²) in [6.45, 7) is 4.45. The molecule has 1 heterocycles. The first-order chi connectivity index (χ1) is 7.66. The van der Waals surface area contributed by atoms with E-state index >= 15 is 0 Å². The minimum atomic E-state index is 0. The maximum absolute atomic E-state index is 12.1. The first-order valence-corrected chi connectivity index (χ1v) is 5.83. The summed E-state index contributed by atoms with van der Waals surface area (Å²) in [6, 6.07) is 7.47. The average molecular weight is 275 g/mol. The molecule has 0 spiro atoms. The smallest absolute Gasteiger partial charge is 0.254 e. The van der Waals surface area contributed by atoms with Gasteiger partial charge in [0, 0.05) is 36.3 Å². The molecular formula is C12H16Cl2N2O. The first-order valence-electron chi connectivity index (χ1n) is 5.45. The minimum absolute atomic E-state index is 0. The molecule has 0 aliphatic carbocycles. The summed E-state index contributed by atoms with van der Waals surface area (Å²) < 4.78 is 0. The van der Waals surface area contributed by atoms with Crippen molar-refractivity contribution in [3.05, 3.63) is 34.9 Å². The summed E-state index contributed by atoms with van der Waals surface area (Å²) in [6.07, 6.45) is 0. The number of carbonyl (C=O) groups excluding carboxylic acids is 1. The van der Waals surface area contributed by atoms with Gasteiger partial charge in [-0.25, -0.2) is 0 Å². The Morgan fingerprint density at radius 3 is 2.94 bits per heavy atom. The van der Waals surface area contributed by atoms with E-state index < -0.39 is 0 Å². The van der Waals surface area contributed by atoms with Crippen LogP contribution in [0.3, 0.4) is 0 Å². The molecule has 0 saturated carbocycles. The van der Waals surface area contributed by atoms with E-state index in [2.05, 4.69) is 12.2 Å². The second-order valence-corrected chi connectivity index (χ2v) is 4.55. The van der Waals surface area contributed by atoms with Crippen LogP contribution in [-0.4, -0.2) is 36.5 Å². The van der Waals surface area contributed by atoms with Crippen molar-refractivity contribution in [3.8, 4) is 0 Å². The third-order valence-electron chi connectivity index (χ3n) is 2.73. The van der Waals surface area contributed by atoms with Gasteiger partial charge in [-0.1, -0.05) is 17.7 Å². The molecule has 94 valence electrons. The highest BCUT2D eigenvalue weighted by Crippen LogP contribution is 2.13. The molecule has 2 rings (SSSR count). The van der Waals surface area contributed by atoms with Gasteiger partial charge in [0.2, 0.25) is 0 Å². The fourth-order valence-electron chi connectivity index (χ4n) is 1.92. The van der Waals surface area contributed by atoms with Gasteiger partial charge < -0.3 is 10.2 Å². The average Bonchev–Trinajstić information content (AvgIpc) is 2.28. The SMILES string of the molecule is C[C@H]1CN(C(=O)c2cccc(Cl)c2)CCN1.Cl. The first kappa shape index (κ1) is 14.3. The van der Waals surface area contributed by atoms with Crippen molar-refractivity contribution < 1.29 is 4.79 Å². The maximum Gasteiger partial charge on any atom is 0.254 e. The number of nitrogens with zero attached hydrogens (tertiary/aromatic N) is 1. The summed E-state index contributed by atoms with van der Waals surface area (Å²) in [5.74, 6) is 0.0656. The molecule has 1 N–H and O–H groups in total. The Balaban J connectivity index is 0.00000144. The number of carbonyl (C=O) groups is 1. The summed E-state index contributed by atoms with van der Waals surface area (Å²) in [7, 11) is 0. The Labute approximate surface area is 113 Å². The molecule has 0 unspecified atom stereocenters. The summed E-state index contributed by atoms with van der Waals surface area (Å²) in [5.41, 5.74) is 0.668. The lowest BCUT2D eigenvalue weighted by atomic mass is 10.1. The van der Waals surface area contributed by atoms with Crippen LogP contribution in [0.5, 0.6) is 0 Å². The van der Waals surface area contributed by atoms with Crippen molar-refractivity contribution in [3.63, 3.8) is 0 Å². The van der Waals surface area contributed by atoms with E-state index in [9.17, 15) is 4.79 Å². The number of nitrogens with one attached hydrogen (secondary N) is 1. The maximum atomic E-state index is 12.1. The molecular weight excluding hydrogens is 259 g/mol. The molecule has 0 aromatic heterocycles. The number of amides is 1. The topological polar surface area (TPSA) is 32.3 Å². The van der Waals surface area contributed by atoms with E-state index in [1.165, 1.54) is 0 Å². The lowest BCUT2D eigenvalue weighted by Gasteiger charge is -2.32. The molecule has 3 nitrogen and oxygen atoms in total. The zero-order valence-corrected chi connectivity index (χ0v) is 11.2. The molecule has 17 heavy (non-hydrogen) atoms. The third kappa shape index (κ3) is 3.60. The Kier molecular flexibility index (Phi) is 5.25. The Bertz CT molecular complexity index is 398. The predicted molar refractivity (Wildman–Crippen MR) is 72.1 cm³/mol. The van der Waals surface area contributed by atoms with E-state index in [1.54, 1.807) is 24.3 Å². The van der Waals surface area contributed by atoms with Crippen molar-refractivity contribution in [2.75, 3.05) is 19.6 Å². The largest absolute Gasteiger partial charge is 0.336 e. The molecule has 0 radical (unpaired) electrons. The number of hydrogen-bond donors (Lipinski definition) is 1. The normalized spacial score (nSPS) is 19.6. The second-order valence-electron chi connectivity index (χ2n) is 4.12. The third-order valence-corrected chi connectivity index (χ3v) is 2.96. The Morgan fingerprint density at radius 2 is 2.29 bits per heavy atom. The molecule has 1 aromatic rings. The van der Waals surface area contributed by atoms with Crippen molar-refractivity contribution in [1.29, 1.82) is 0 Å². The zero-order chi connectivity index (χ0) is 11.5. The summed E-state index contributed by atoms with van der Waals surface area (Å²) in [5, 5.41) is 3.92. The highest BCUT2D eigenvalue weighted by molar-refractivity contribution is 6.30. The fourth-order valence-corrected chi connectivity index (χ4v) is 2.11. The second kappa shape index (κ2) is 6.24. The van der Waals surface area contributed by atoms with E-state index in [4.69, 9.17) is 11.6 Å². The standard InChI is InChI=1S/C12H15ClN2O.ClH/c1-9-8-15(6-5-14-9)12(16)10-3-2-4-11(13)7-10;/h2-4,7,9,14H,5-6,8H2,1H3;1H/t9-;/m0./s1. The van der Waals surface area contributed by atoms with E-state index in [0.29, 0.717) is 16.6 Å². The van der Waals surface area contributed by atoms with Crippen LogP contribution in [0.15, 0.2) is 24.3 Å². The molecule has 1 aliphatic heterocycles. The molecule has 1 aliphatic rings. The molecule has 1 aromatic carbocycles. The molecule has 1 atom stereocenters. The van der Waals surface area contributed by atoms with Gasteiger partial charge in [-0.05, 0) is 25.1 Å². The van der Waals surface area contributed by atoms with Crippen molar-refractivity contribution in [2.24, 2.45) is 0 Å². The highest BCUT2D eigenvalue weighted by atomic mass is 35.5. The van der Waals surface area contributed by atoms with Crippen molar-refractivity contribution in [1.82, 2.24) is 10.2 Å². The number of rotatable bonds is 1. The van der Waals surface area contributed by atoms with Gasteiger partial charge in [-0.2, -0.15) is 0 Å². The van der Waals surface area contributed by atoms with Gasteiger partial charge in [-0.15, -0.1) is 12.4 Å². The van der Waals surface area contributed by atoms with Crippen LogP contribution >= 0.6 is 24.0 Å². The van der Waals surface area contributed by atoms with E-state index in [1.807, 2.05) is 4.90 Å². The number of benzene rings is 1. The lowest BCUT2D eigenvalue weighted by Crippen LogP contribution is -2.51. The zero-order valence-electron chi connectivity index (χ0n) is 9.65. The Hall–Kier alpha value is -0.770. The monoisotopic (exact) mass is 274 g/mol. The van der Waals surface area contributed by atoms with Crippen LogP contribution in [0.1, 0.15) is 17.3 Å². The van der Waals surface area contributed by atoms with Gasteiger partial charge in [0.1, 0.15) is 0 Å².